The molecular formula is C129H87N9O3. The Labute approximate surface area is 813 Å². The van der Waals surface area contributed by atoms with E-state index in [2.05, 4.69) is 393 Å². The maximum Gasteiger partial charge on any atom is 0.182 e. The molecule has 0 spiro atoms. The van der Waals surface area contributed by atoms with E-state index in [4.69, 9.17) is 58.1 Å². The zero-order chi connectivity index (χ0) is 94.2. The largest absolute Gasteiger partial charge is 0.456 e. The fourth-order valence-electron chi connectivity index (χ4n) is 22.0. The number of para-hydroxylation sites is 3. The summed E-state index contributed by atoms with van der Waals surface area (Å²) >= 11 is 0. The van der Waals surface area contributed by atoms with Gasteiger partial charge in [-0.1, -0.05) is 404 Å². The summed E-state index contributed by atoms with van der Waals surface area (Å²) in [4.78, 5) is 46.3. The van der Waals surface area contributed by atoms with Crippen molar-refractivity contribution in [3.8, 4) is 158 Å². The van der Waals surface area contributed by atoms with Crippen molar-refractivity contribution in [2.24, 2.45) is 0 Å². The van der Waals surface area contributed by atoms with Gasteiger partial charge in [-0.25, -0.2) is 44.9 Å². The smallest absolute Gasteiger partial charge is 0.182 e. The van der Waals surface area contributed by atoms with Gasteiger partial charge in [0.05, 0.1) is 22.3 Å². The lowest BCUT2D eigenvalue weighted by Gasteiger charge is -2.28. The van der Waals surface area contributed by atoms with Gasteiger partial charge in [0.1, 0.15) is 39.2 Å². The fourth-order valence-corrected chi connectivity index (χ4v) is 22.0. The molecule has 0 N–H and O–H groups in total. The summed E-state index contributed by atoms with van der Waals surface area (Å²) in [6, 6.07) is 151. The first kappa shape index (κ1) is 83.5. The van der Waals surface area contributed by atoms with Crippen LogP contribution in [0.4, 0.5) is 0 Å². The van der Waals surface area contributed by atoms with Gasteiger partial charge in [-0.3, -0.25) is 0 Å². The van der Waals surface area contributed by atoms with Crippen LogP contribution in [-0.4, -0.2) is 44.9 Å². The summed E-state index contributed by atoms with van der Waals surface area (Å²) in [6.45, 7) is 11.6. The molecule has 28 rings (SSSR count). The number of hydrogen-bond acceptors (Lipinski definition) is 12. The number of hydrogen-bond donors (Lipinski definition) is 0. The number of pyridine rings is 1. The number of fused-ring (bicyclic) bond motifs is 22. The Morgan fingerprint density at radius 2 is 0.589 bits per heavy atom. The van der Waals surface area contributed by atoms with Crippen LogP contribution >= 0.6 is 0 Å². The quantitative estimate of drug-likeness (QED) is 0.114. The number of aromatic nitrogens is 9. The molecule has 1 unspecified atom stereocenters. The van der Waals surface area contributed by atoms with Crippen LogP contribution in [-0.2, 0) is 16.2 Å². The van der Waals surface area contributed by atoms with E-state index in [1.807, 2.05) is 78.9 Å². The second-order valence-electron chi connectivity index (χ2n) is 37.8. The highest BCUT2D eigenvalue weighted by atomic mass is 16.3. The normalized spacial score (nSPS) is 13.9. The first-order chi connectivity index (χ1) is 69.3. The predicted molar refractivity (Wildman–Crippen MR) is 571 cm³/mol. The Bertz CT molecular complexity index is 9180. The lowest BCUT2D eigenvalue weighted by atomic mass is 9.75. The van der Waals surface area contributed by atoms with Gasteiger partial charge in [0.15, 0.2) is 40.8 Å². The van der Waals surface area contributed by atoms with Gasteiger partial charge in [0.2, 0.25) is 0 Å². The van der Waals surface area contributed by atoms with Crippen molar-refractivity contribution in [1.82, 2.24) is 44.9 Å². The molecule has 7 heterocycles. The molecule has 12 nitrogen and oxygen atoms in total. The van der Waals surface area contributed by atoms with Crippen molar-refractivity contribution < 1.29 is 13.3 Å². The van der Waals surface area contributed by atoms with Crippen LogP contribution in [0.2, 0.25) is 0 Å². The first-order valence-electron chi connectivity index (χ1n) is 47.9. The molecule has 18 aromatic carbocycles. The summed E-state index contributed by atoms with van der Waals surface area (Å²) in [5.74, 6) is 4.27. The van der Waals surface area contributed by atoms with Gasteiger partial charge in [0, 0.05) is 93.0 Å². The molecule has 7 aromatic heterocycles. The van der Waals surface area contributed by atoms with E-state index in [1.54, 1.807) is 0 Å². The molecule has 0 aliphatic heterocycles. The van der Waals surface area contributed by atoms with Crippen molar-refractivity contribution >= 4 is 76.7 Å². The monoisotopic (exact) mass is 1810 g/mol. The Morgan fingerprint density at radius 1 is 0.199 bits per heavy atom. The Morgan fingerprint density at radius 3 is 1.18 bits per heavy atom. The van der Waals surface area contributed by atoms with Gasteiger partial charge >= 0.3 is 0 Å². The summed E-state index contributed by atoms with van der Waals surface area (Å²) < 4.78 is 19.5. The van der Waals surface area contributed by atoms with Gasteiger partial charge < -0.3 is 13.3 Å². The molecule has 3 aliphatic rings. The molecule has 0 bridgehead atoms. The summed E-state index contributed by atoms with van der Waals surface area (Å²) in [7, 11) is 0. The molecule has 25 aromatic rings. The van der Waals surface area contributed by atoms with Gasteiger partial charge in [0.25, 0.3) is 0 Å². The minimum Gasteiger partial charge on any atom is -0.456 e. The van der Waals surface area contributed by atoms with Crippen molar-refractivity contribution in [2.75, 3.05) is 0 Å². The highest BCUT2D eigenvalue weighted by molar-refractivity contribution is 6.16. The predicted octanol–water partition coefficient (Wildman–Crippen LogP) is 32.8. The minimum absolute atomic E-state index is 0.136. The molecule has 0 saturated carbocycles. The Balaban J connectivity index is 0.000000111. The van der Waals surface area contributed by atoms with Crippen molar-refractivity contribution in [2.45, 2.75) is 50.9 Å². The van der Waals surface area contributed by atoms with Gasteiger partial charge in [-0.2, -0.15) is 0 Å². The van der Waals surface area contributed by atoms with Gasteiger partial charge in [-0.15, -0.1) is 0 Å². The van der Waals surface area contributed by atoms with E-state index in [0.717, 1.165) is 166 Å². The molecule has 12 heteroatoms. The summed E-state index contributed by atoms with van der Waals surface area (Å²) in [5, 5.41) is 7.88. The third-order valence-electron chi connectivity index (χ3n) is 28.8. The van der Waals surface area contributed by atoms with Crippen LogP contribution < -0.4 is 0 Å². The minimum atomic E-state index is -0.590. The van der Waals surface area contributed by atoms with E-state index >= 15 is 0 Å². The molecule has 666 valence electrons. The topological polar surface area (TPSA) is 155 Å². The Kier molecular flexibility index (Phi) is 19.8. The van der Waals surface area contributed by atoms with E-state index in [0.29, 0.717) is 46.5 Å². The first-order valence-corrected chi connectivity index (χ1v) is 47.9. The van der Waals surface area contributed by atoms with Gasteiger partial charge in [-0.05, 0) is 162 Å². The molecule has 1 atom stereocenters. The molecule has 3 aliphatic carbocycles. The standard InChI is InChI=1S/C52H34N4O.C42H29N3O.C35H24N2O/c1-52(39-17-9-4-10-18-39)47-40(30-32-45-46(47)42-19-11-12-20-44(42)57-45)41-29-31-43(53-48(41)52)51-55-49(37-25-21-35(22-26-37)33-13-5-2-6-14-33)54-50(56-51)38-27-23-36(24-28-38)34-15-7-3-8-16-34;1-42(2)34-19-10-9-18-31(34)32-22-23-35-37(38(32)42)33-21-20-30(25-36(33)46-35)41-44-39(27-14-7-4-8-15-27)43-40(45-41)29-17-11-16-28(24-29)26-12-5-3-6-13-26;1-35(2)26-17-9-6-14-22(26)30-25(20-29-31(32(30)35)24-16-8-11-19-28(24)38-29)34-36-27-18-10-7-15-23(27)33(37-34)21-12-4-3-5-13-21/h2-32H,1H3;3-25H,1-2H3;3-20H,1-2H3. The molecule has 0 radical (unpaired) electrons. The molecule has 0 fully saturated rings. The van der Waals surface area contributed by atoms with Crippen LogP contribution in [0.1, 0.15) is 73.7 Å². The van der Waals surface area contributed by atoms with Crippen molar-refractivity contribution in [3.05, 3.63) is 476 Å². The van der Waals surface area contributed by atoms with Crippen molar-refractivity contribution in [1.29, 1.82) is 0 Å². The van der Waals surface area contributed by atoms with Crippen molar-refractivity contribution in [3.63, 3.8) is 0 Å². The van der Waals surface area contributed by atoms with Crippen LogP contribution in [0.25, 0.3) is 235 Å². The SMILES string of the molecule is CC1(C)c2ccccc2-c2c(-c3nc(-c4ccccc4)c4ccccc4n3)cc3oc4ccccc4c3c21.CC1(C)c2ccccc2-c2ccc3oc4cc(-c5nc(-c6ccccc6)nc(-c6cccc(-c7ccccc7)c6)n5)ccc4c3c21.CC1(c2ccccc2)c2nc(-c3nc(-c4ccc(-c5ccccc5)cc4)nc(-c4ccc(-c5ccccc5)cc4)n3)ccc2-c2ccc3oc4ccccc4c3c21. The zero-order valence-corrected chi connectivity index (χ0v) is 77.8. The third kappa shape index (κ3) is 14.1. The highest BCUT2D eigenvalue weighted by Gasteiger charge is 2.46. The highest BCUT2D eigenvalue weighted by Crippen LogP contribution is 2.60. The maximum absolute atomic E-state index is 6.56. The average molecular weight is 1810 g/mol. The maximum atomic E-state index is 6.56. The van der Waals surface area contributed by atoms with Crippen LogP contribution in [0.5, 0.6) is 0 Å². The second kappa shape index (κ2) is 33.4. The summed E-state index contributed by atoms with van der Waals surface area (Å²) in [5.41, 5.74) is 36.2. The van der Waals surface area contributed by atoms with Crippen LogP contribution in [0, 0.1) is 0 Å². The lowest BCUT2D eigenvalue weighted by Crippen LogP contribution is -2.24. The Hall–Kier alpha value is -18.1. The lowest BCUT2D eigenvalue weighted by molar-refractivity contribution is 0.657. The number of benzene rings is 18. The van der Waals surface area contributed by atoms with E-state index in [1.165, 1.54) is 60.8 Å². The third-order valence-corrected chi connectivity index (χ3v) is 28.8. The average Bonchev–Trinajstić information content (AvgIpc) is 1.54. The summed E-state index contributed by atoms with van der Waals surface area (Å²) in [6.07, 6.45) is 0. The molecule has 0 saturated heterocycles. The second-order valence-corrected chi connectivity index (χ2v) is 37.8. The van der Waals surface area contributed by atoms with E-state index in [-0.39, 0.29) is 10.8 Å². The molecule has 0 amide bonds. The van der Waals surface area contributed by atoms with E-state index < -0.39 is 5.41 Å². The fraction of sp³-hybridized carbons (Fsp3) is 0.0620. The number of rotatable bonds is 12. The van der Waals surface area contributed by atoms with E-state index in [9.17, 15) is 0 Å². The van der Waals surface area contributed by atoms with Crippen LogP contribution in [0.3, 0.4) is 0 Å². The molecule has 141 heavy (non-hydrogen) atoms. The number of furan rings is 3. The zero-order valence-electron chi connectivity index (χ0n) is 77.8. The van der Waals surface area contributed by atoms with Crippen LogP contribution in [0.15, 0.2) is 450 Å². The molecular weight excluding hydrogens is 1720 g/mol. The number of nitrogens with zero attached hydrogens (tertiary/aromatic N) is 9.